The molecule has 27 heavy (non-hydrogen) atoms. The van der Waals surface area contributed by atoms with Gasteiger partial charge < -0.3 is 24.1 Å². The number of halogens is 1. The van der Waals surface area contributed by atoms with Gasteiger partial charge in [-0.25, -0.2) is 0 Å². The van der Waals surface area contributed by atoms with Gasteiger partial charge in [0.05, 0.1) is 33.0 Å². The smallest absolute Gasteiger partial charge is 0.135 e. The second kappa shape index (κ2) is 8.44. The van der Waals surface area contributed by atoms with E-state index in [4.69, 9.17) is 18.9 Å². The van der Waals surface area contributed by atoms with Crippen molar-refractivity contribution in [3.05, 3.63) is 46.9 Å². The second-order valence-corrected chi connectivity index (χ2v) is 7.32. The van der Waals surface area contributed by atoms with Crippen molar-refractivity contribution in [2.75, 3.05) is 39.6 Å². The molecule has 1 N–H and O–H groups in total. The molecule has 0 saturated carbocycles. The van der Waals surface area contributed by atoms with Crippen molar-refractivity contribution in [1.29, 1.82) is 0 Å². The molecule has 1 fully saturated rings. The number of aromatic hydroxyl groups is 1. The van der Waals surface area contributed by atoms with E-state index < -0.39 is 0 Å². The summed E-state index contributed by atoms with van der Waals surface area (Å²) in [7, 11) is 0. The van der Waals surface area contributed by atoms with Crippen LogP contribution >= 0.6 is 15.9 Å². The Bertz CT molecular complexity index is 939. The number of epoxide rings is 1. The first-order valence-corrected chi connectivity index (χ1v) is 9.76. The quantitative estimate of drug-likeness (QED) is 0.310. The fourth-order valence-electron chi connectivity index (χ4n) is 3.05. The van der Waals surface area contributed by atoms with E-state index >= 15 is 0 Å². The van der Waals surface area contributed by atoms with Crippen LogP contribution < -0.4 is 4.74 Å². The highest BCUT2D eigenvalue weighted by atomic mass is 79.9. The van der Waals surface area contributed by atoms with Crippen LogP contribution in [0.3, 0.4) is 0 Å². The lowest BCUT2D eigenvalue weighted by Gasteiger charge is -2.15. The molecule has 1 aliphatic rings. The molecule has 1 atom stereocenters. The molecular formula is C21H21BrO5. The van der Waals surface area contributed by atoms with Gasteiger partial charge in [0.25, 0.3) is 0 Å². The van der Waals surface area contributed by atoms with Gasteiger partial charge in [-0.15, -0.1) is 0 Å². The van der Waals surface area contributed by atoms with Gasteiger partial charge >= 0.3 is 0 Å². The van der Waals surface area contributed by atoms with Crippen LogP contribution in [0.5, 0.6) is 11.5 Å². The largest absolute Gasteiger partial charge is 0.507 e. The van der Waals surface area contributed by atoms with Crippen LogP contribution in [0.15, 0.2) is 46.9 Å². The summed E-state index contributed by atoms with van der Waals surface area (Å²) < 4.78 is 23.1. The molecule has 0 spiro atoms. The summed E-state index contributed by atoms with van der Waals surface area (Å²) in [5.74, 6) is 1.03. The van der Waals surface area contributed by atoms with Crippen molar-refractivity contribution in [3.8, 4) is 11.5 Å². The maximum Gasteiger partial charge on any atom is 0.135 e. The van der Waals surface area contributed by atoms with E-state index in [9.17, 15) is 5.11 Å². The fourth-order valence-corrected chi connectivity index (χ4v) is 3.41. The van der Waals surface area contributed by atoms with Crippen molar-refractivity contribution in [1.82, 2.24) is 0 Å². The first-order chi connectivity index (χ1) is 13.2. The molecule has 0 bridgehead atoms. The number of phenolic OH excluding ortho intramolecular Hbond substituents is 1. The monoisotopic (exact) mass is 432 g/mol. The van der Waals surface area contributed by atoms with Crippen molar-refractivity contribution in [3.63, 3.8) is 0 Å². The van der Waals surface area contributed by atoms with Gasteiger partial charge in [0.1, 0.15) is 24.2 Å². The molecule has 0 radical (unpaired) electrons. The zero-order valence-corrected chi connectivity index (χ0v) is 16.4. The summed E-state index contributed by atoms with van der Waals surface area (Å²) in [6.07, 6.45) is 0.282. The Morgan fingerprint density at radius 3 is 2.44 bits per heavy atom. The highest BCUT2D eigenvalue weighted by Gasteiger charge is 2.22. The molecule has 1 aliphatic heterocycles. The minimum Gasteiger partial charge on any atom is -0.507 e. The average Bonchev–Trinajstić information content (AvgIpc) is 3.51. The van der Waals surface area contributed by atoms with Gasteiger partial charge in [-0.05, 0) is 18.2 Å². The second-order valence-electron chi connectivity index (χ2n) is 6.40. The highest BCUT2D eigenvalue weighted by molar-refractivity contribution is 9.10. The Labute approximate surface area is 165 Å². The van der Waals surface area contributed by atoms with Gasteiger partial charge in [0.15, 0.2) is 0 Å². The maximum atomic E-state index is 10.7. The molecule has 5 nitrogen and oxygen atoms in total. The first kappa shape index (κ1) is 18.5. The van der Waals surface area contributed by atoms with E-state index in [2.05, 4.69) is 15.9 Å². The first-order valence-electron chi connectivity index (χ1n) is 8.97. The summed E-state index contributed by atoms with van der Waals surface area (Å²) in [4.78, 5) is 0. The summed E-state index contributed by atoms with van der Waals surface area (Å²) in [5.41, 5.74) is 0. The van der Waals surface area contributed by atoms with Crippen LogP contribution in [0.25, 0.3) is 21.5 Å². The number of phenols is 1. The van der Waals surface area contributed by atoms with Gasteiger partial charge in [0.2, 0.25) is 0 Å². The minimum atomic E-state index is 0.266. The number of fused-ring (bicyclic) bond motifs is 2. The van der Waals surface area contributed by atoms with Crippen LogP contribution in [0.4, 0.5) is 0 Å². The summed E-state index contributed by atoms with van der Waals surface area (Å²) in [6, 6.07) is 13.5. The van der Waals surface area contributed by atoms with E-state index in [0.717, 1.165) is 38.4 Å². The normalized spacial score (nSPS) is 16.1. The standard InChI is InChI=1S/C21H21BrO5/c22-14-5-6-18-19(11-14)20(23)16-3-1-2-4-17(16)21(18)26-10-9-24-7-8-25-12-15-13-27-15/h1-6,11,15,23H,7-10,12-13H2. The minimum absolute atomic E-state index is 0.266. The molecule has 4 rings (SSSR count). The van der Waals surface area contributed by atoms with Crippen molar-refractivity contribution in [2.45, 2.75) is 6.10 Å². The van der Waals surface area contributed by atoms with Gasteiger partial charge in [0, 0.05) is 26.0 Å². The lowest BCUT2D eigenvalue weighted by atomic mass is 10.0. The molecule has 6 heteroatoms. The molecule has 1 saturated heterocycles. The van der Waals surface area contributed by atoms with Crippen LogP contribution in [0.1, 0.15) is 0 Å². The van der Waals surface area contributed by atoms with Crippen molar-refractivity contribution in [2.24, 2.45) is 0 Å². The lowest BCUT2D eigenvalue weighted by Crippen LogP contribution is -2.12. The lowest BCUT2D eigenvalue weighted by molar-refractivity contribution is 0.0320. The molecule has 0 amide bonds. The summed E-state index contributed by atoms with van der Waals surface area (Å²) in [5, 5.41) is 14.0. The number of ether oxygens (including phenoxy) is 4. The number of rotatable bonds is 9. The zero-order valence-electron chi connectivity index (χ0n) is 14.8. The Hall–Kier alpha value is -1.86. The topological polar surface area (TPSA) is 60.5 Å². The third-order valence-electron chi connectivity index (χ3n) is 4.46. The maximum absolute atomic E-state index is 10.7. The molecule has 1 unspecified atom stereocenters. The van der Waals surface area contributed by atoms with Crippen LogP contribution in [-0.2, 0) is 14.2 Å². The predicted octanol–water partition coefficient (Wildman–Crippen LogP) is 4.27. The fraction of sp³-hybridized carbons (Fsp3) is 0.333. The van der Waals surface area contributed by atoms with Crippen molar-refractivity contribution >= 4 is 37.5 Å². The van der Waals surface area contributed by atoms with Gasteiger partial charge in [-0.3, -0.25) is 0 Å². The highest BCUT2D eigenvalue weighted by Crippen LogP contribution is 2.42. The molecule has 0 aromatic heterocycles. The molecule has 1 heterocycles. The molecule has 3 aromatic rings. The Balaban J connectivity index is 1.44. The van der Waals surface area contributed by atoms with Crippen LogP contribution in [-0.4, -0.2) is 50.9 Å². The summed E-state index contributed by atoms with van der Waals surface area (Å²) >= 11 is 3.47. The third-order valence-corrected chi connectivity index (χ3v) is 4.95. The zero-order chi connectivity index (χ0) is 18.6. The van der Waals surface area contributed by atoms with E-state index in [0.29, 0.717) is 33.0 Å². The molecule has 0 aliphatic carbocycles. The molecular weight excluding hydrogens is 412 g/mol. The van der Waals surface area contributed by atoms with E-state index in [1.165, 1.54) is 0 Å². The Morgan fingerprint density at radius 2 is 1.63 bits per heavy atom. The molecule has 142 valence electrons. The SMILES string of the molecule is Oc1c2ccccc2c(OCCOCCOCC2CO2)c2ccc(Br)cc12. The van der Waals surface area contributed by atoms with Gasteiger partial charge in [-0.1, -0.05) is 40.2 Å². The predicted molar refractivity (Wildman–Crippen MR) is 108 cm³/mol. The number of hydrogen-bond donors (Lipinski definition) is 1. The Morgan fingerprint density at radius 1 is 0.926 bits per heavy atom. The van der Waals surface area contributed by atoms with E-state index in [-0.39, 0.29) is 11.9 Å². The van der Waals surface area contributed by atoms with Gasteiger partial charge in [-0.2, -0.15) is 0 Å². The average molecular weight is 433 g/mol. The van der Waals surface area contributed by atoms with E-state index in [1.54, 1.807) is 0 Å². The van der Waals surface area contributed by atoms with Crippen molar-refractivity contribution < 1.29 is 24.1 Å². The number of benzene rings is 3. The van der Waals surface area contributed by atoms with E-state index in [1.807, 2.05) is 42.5 Å². The Kier molecular flexibility index (Phi) is 5.78. The van der Waals surface area contributed by atoms with Crippen LogP contribution in [0.2, 0.25) is 0 Å². The summed E-state index contributed by atoms with van der Waals surface area (Å²) in [6.45, 7) is 3.42. The number of hydrogen-bond acceptors (Lipinski definition) is 5. The molecule has 3 aromatic carbocycles. The third kappa shape index (κ3) is 4.35. The van der Waals surface area contributed by atoms with Crippen LogP contribution in [0, 0.1) is 0 Å².